The summed E-state index contributed by atoms with van der Waals surface area (Å²) >= 11 is 0. The topological polar surface area (TPSA) is 21.6 Å². The molecule has 0 amide bonds. The van der Waals surface area contributed by atoms with Gasteiger partial charge in [-0.05, 0) is 19.1 Å². The first-order valence-electron chi connectivity index (χ1n) is 6.21. The number of nitrogens with zero attached hydrogens (tertiary/aromatic N) is 1. The summed E-state index contributed by atoms with van der Waals surface area (Å²) in [6.45, 7) is 12.9. The van der Waals surface area contributed by atoms with E-state index in [1.165, 1.54) is 0 Å². The highest BCUT2D eigenvalue weighted by Crippen LogP contribution is 2.11. The molecule has 0 aliphatic carbocycles. The number of rotatable bonds is 9. The first-order chi connectivity index (χ1) is 9.73. The van der Waals surface area contributed by atoms with E-state index in [9.17, 15) is 0 Å². The van der Waals surface area contributed by atoms with E-state index in [0.29, 0.717) is 5.76 Å². The average molecular weight is 265 g/mol. The van der Waals surface area contributed by atoms with E-state index in [1.54, 1.807) is 36.6 Å². The third-order valence-corrected chi connectivity index (χ3v) is 2.14. The zero-order valence-corrected chi connectivity index (χ0v) is 12.0. The lowest BCUT2D eigenvalue weighted by Gasteiger charge is -2.08. The third-order valence-electron chi connectivity index (χ3n) is 2.14. The fraction of sp³-hybridized carbons (Fsp3) is 0.118. The SMILES string of the molecule is [B]COC(=C/C=C)/C(=C\C=C)/C=N/C(/C=C\C=C)=C/C. The Kier molecular flexibility index (Phi) is 10.4. The monoisotopic (exact) mass is 265 g/mol. The van der Waals surface area contributed by atoms with Crippen molar-refractivity contribution in [3.63, 3.8) is 0 Å². The molecule has 102 valence electrons. The van der Waals surface area contributed by atoms with E-state index in [4.69, 9.17) is 12.6 Å². The van der Waals surface area contributed by atoms with Gasteiger partial charge in [-0.3, -0.25) is 4.99 Å². The highest BCUT2D eigenvalue weighted by molar-refractivity contribution is 6.08. The molecule has 2 radical (unpaired) electrons. The molecule has 0 rings (SSSR count). The molecule has 0 aromatic heterocycles. The molecule has 0 aliphatic heterocycles. The highest BCUT2D eigenvalue weighted by Gasteiger charge is 2.01. The van der Waals surface area contributed by atoms with Crippen LogP contribution in [0.3, 0.4) is 0 Å². The van der Waals surface area contributed by atoms with Crippen molar-refractivity contribution < 1.29 is 4.74 Å². The highest BCUT2D eigenvalue weighted by atomic mass is 16.5. The number of hydrogen-bond donors (Lipinski definition) is 0. The quantitative estimate of drug-likeness (QED) is 0.267. The molecule has 0 atom stereocenters. The fourth-order valence-corrected chi connectivity index (χ4v) is 1.26. The van der Waals surface area contributed by atoms with Gasteiger partial charge in [0.05, 0.1) is 5.70 Å². The zero-order valence-electron chi connectivity index (χ0n) is 12.0. The van der Waals surface area contributed by atoms with Crippen molar-refractivity contribution >= 4 is 14.1 Å². The fourth-order valence-electron chi connectivity index (χ4n) is 1.26. The lowest BCUT2D eigenvalue weighted by Crippen LogP contribution is -1.99. The Morgan fingerprint density at radius 2 is 1.85 bits per heavy atom. The van der Waals surface area contributed by atoms with Crippen molar-refractivity contribution in [2.45, 2.75) is 6.92 Å². The number of ether oxygens (including phenoxy) is 1. The number of allylic oxidation sites excluding steroid dienone is 9. The molecule has 20 heavy (non-hydrogen) atoms. The zero-order chi connectivity index (χ0) is 15.2. The van der Waals surface area contributed by atoms with Crippen molar-refractivity contribution in [1.29, 1.82) is 0 Å². The lowest BCUT2D eigenvalue weighted by atomic mass is 10.1. The predicted octanol–water partition coefficient (Wildman–Crippen LogP) is 4.03. The normalized spacial score (nSPS) is 13.8. The van der Waals surface area contributed by atoms with Gasteiger partial charge in [0, 0.05) is 18.3 Å². The van der Waals surface area contributed by atoms with Crippen LogP contribution >= 0.6 is 0 Å². The summed E-state index contributed by atoms with van der Waals surface area (Å²) in [6.07, 6.45) is 15.8. The van der Waals surface area contributed by atoms with Gasteiger partial charge in [-0.15, -0.1) is 0 Å². The molecule has 0 N–H and O–H groups in total. The second-order valence-corrected chi connectivity index (χ2v) is 3.50. The van der Waals surface area contributed by atoms with Crippen molar-refractivity contribution in [2.24, 2.45) is 4.99 Å². The molecule has 0 heterocycles. The van der Waals surface area contributed by atoms with Crippen LogP contribution in [0.2, 0.25) is 0 Å². The average Bonchev–Trinajstić information content (AvgIpc) is 2.46. The summed E-state index contributed by atoms with van der Waals surface area (Å²) < 4.78 is 5.35. The Morgan fingerprint density at radius 3 is 2.35 bits per heavy atom. The Morgan fingerprint density at radius 1 is 1.15 bits per heavy atom. The second-order valence-electron chi connectivity index (χ2n) is 3.50. The van der Waals surface area contributed by atoms with E-state index in [-0.39, 0.29) is 6.51 Å². The van der Waals surface area contributed by atoms with Crippen LogP contribution in [0.1, 0.15) is 6.92 Å². The summed E-state index contributed by atoms with van der Waals surface area (Å²) in [5.74, 6) is 0.592. The molecule has 0 aromatic rings. The smallest absolute Gasteiger partial charge is 0.126 e. The van der Waals surface area contributed by atoms with Gasteiger partial charge in [-0.1, -0.05) is 56.2 Å². The molecule has 2 nitrogen and oxygen atoms in total. The Balaban J connectivity index is 5.30. The van der Waals surface area contributed by atoms with E-state index >= 15 is 0 Å². The third kappa shape index (κ3) is 7.22. The van der Waals surface area contributed by atoms with E-state index in [2.05, 4.69) is 24.7 Å². The maximum atomic E-state index is 5.41. The molecule has 3 heteroatoms. The molecule has 0 saturated carbocycles. The van der Waals surface area contributed by atoms with Crippen molar-refractivity contribution in [3.05, 3.63) is 85.4 Å². The van der Waals surface area contributed by atoms with Crippen LogP contribution in [0.4, 0.5) is 0 Å². The van der Waals surface area contributed by atoms with Gasteiger partial charge < -0.3 is 4.74 Å². The number of aliphatic imine (C=N–C) groups is 1. The van der Waals surface area contributed by atoms with Crippen LogP contribution in [0.25, 0.3) is 0 Å². The van der Waals surface area contributed by atoms with Crippen LogP contribution in [0, 0.1) is 0 Å². The van der Waals surface area contributed by atoms with Crippen molar-refractivity contribution in [1.82, 2.24) is 0 Å². The number of hydrogen-bond acceptors (Lipinski definition) is 2. The van der Waals surface area contributed by atoms with Crippen LogP contribution in [-0.2, 0) is 4.74 Å². The molecule has 0 aliphatic rings. The van der Waals surface area contributed by atoms with Gasteiger partial charge >= 0.3 is 0 Å². The summed E-state index contributed by atoms with van der Waals surface area (Å²) in [5.41, 5.74) is 1.57. The summed E-state index contributed by atoms with van der Waals surface area (Å²) in [5, 5.41) is 0. The van der Waals surface area contributed by atoms with E-state index in [1.807, 2.05) is 25.2 Å². The van der Waals surface area contributed by atoms with Gasteiger partial charge in [0.2, 0.25) is 0 Å². The van der Waals surface area contributed by atoms with Crippen molar-refractivity contribution in [3.8, 4) is 0 Å². The minimum atomic E-state index is 0.0782. The molecule has 0 saturated heterocycles. The summed E-state index contributed by atoms with van der Waals surface area (Å²) in [6, 6.07) is 0. The molecule has 0 spiro atoms. The molecular weight excluding hydrogens is 245 g/mol. The van der Waals surface area contributed by atoms with Crippen LogP contribution in [-0.4, -0.2) is 20.6 Å². The van der Waals surface area contributed by atoms with Crippen LogP contribution in [0.5, 0.6) is 0 Å². The minimum absolute atomic E-state index is 0.0782. The predicted molar refractivity (Wildman–Crippen MR) is 89.9 cm³/mol. The Labute approximate surface area is 123 Å². The van der Waals surface area contributed by atoms with Crippen LogP contribution < -0.4 is 0 Å². The lowest BCUT2D eigenvalue weighted by molar-refractivity contribution is 0.280. The Hall–Kier alpha value is -2.29. The van der Waals surface area contributed by atoms with Gasteiger partial charge in [0.25, 0.3) is 0 Å². The van der Waals surface area contributed by atoms with Crippen molar-refractivity contribution in [2.75, 3.05) is 6.51 Å². The van der Waals surface area contributed by atoms with Gasteiger partial charge in [-0.25, -0.2) is 0 Å². The maximum absolute atomic E-state index is 5.41. The van der Waals surface area contributed by atoms with Gasteiger partial charge in [0.15, 0.2) is 0 Å². The second kappa shape index (κ2) is 11.8. The Bertz CT molecular complexity index is 479. The summed E-state index contributed by atoms with van der Waals surface area (Å²) in [4.78, 5) is 4.37. The minimum Gasteiger partial charge on any atom is -0.503 e. The first kappa shape index (κ1) is 17.7. The molecule has 0 fully saturated rings. The largest absolute Gasteiger partial charge is 0.503 e. The summed E-state index contributed by atoms with van der Waals surface area (Å²) in [7, 11) is 5.41. The molecular formula is C17H20BNO. The van der Waals surface area contributed by atoms with E-state index in [0.717, 1.165) is 11.3 Å². The van der Waals surface area contributed by atoms with Gasteiger partial charge in [-0.2, -0.15) is 0 Å². The standard InChI is InChI=1S/C17H20BNO/c1-5-9-12-16(8-4)19-13-15(10-6-2)17(11-7-3)20-14-18/h5-13H,1-3,14H2,4H3/b12-9-,15-10-,16-8+,17-11+,19-13+. The molecule has 0 aromatic carbocycles. The van der Waals surface area contributed by atoms with E-state index < -0.39 is 0 Å². The maximum Gasteiger partial charge on any atom is 0.126 e. The molecule has 0 bridgehead atoms. The molecule has 0 unspecified atom stereocenters. The van der Waals surface area contributed by atoms with Crippen LogP contribution in [0.15, 0.2) is 90.4 Å². The van der Waals surface area contributed by atoms with Gasteiger partial charge in [0.1, 0.15) is 13.6 Å². The first-order valence-corrected chi connectivity index (χ1v) is 6.21.